The molecule has 1 aliphatic carbocycles. The number of rotatable bonds is 4. The first-order chi connectivity index (χ1) is 13.2. The van der Waals surface area contributed by atoms with Crippen LogP contribution in [0.25, 0.3) is 0 Å². The summed E-state index contributed by atoms with van der Waals surface area (Å²) in [6, 6.07) is 0.145. The van der Waals surface area contributed by atoms with Crippen LogP contribution >= 0.6 is 0 Å². The van der Waals surface area contributed by atoms with Gasteiger partial charge in [0.25, 0.3) is 0 Å². The molecule has 3 N–H and O–H groups in total. The van der Waals surface area contributed by atoms with E-state index >= 15 is 0 Å². The number of aromatic nitrogens is 3. The largest absolute Gasteiger partial charge is 0.446 e. The molecule has 0 spiro atoms. The van der Waals surface area contributed by atoms with E-state index in [1.807, 2.05) is 20.8 Å². The Bertz CT molecular complexity index is 753. The van der Waals surface area contributed by atoms with Crippen LogP contribution in [0.2, 0.25) is 0 Å². The maximum Gasteiger partial charge on any atom is 0.407 e. The molecule has 0 aromatic carbocycles. The first kappa shape index (κ1) is 20.1. The molecule has 0 radical (unpaired) electrons. The van der Waals surface area contributed by atoms with E-state index in [4.69, 9.17) is 4.74 Å². The number of hydrogen-bond donors (Lipinski definition) is 3. The smallest absolute Gasteiger partial charge is 0.407 e. The first-order valence-electron chi connectivity index (χ1n) is 9.64. The summed E-state index contributed by atoms with van der Waals surface area (Å²) in [5.74, 6) is 0.826. The van der Waals surface area contributed by atoms with E-state index in [2.05, 4.69) is 31.4 Å². The summed E-state index contributed by atoms with van der Waals surface area (Å²) in [5.41, 5.74) is 3.43. The topological polar surface area (TPSA) is 123 Å². The molecule has 154 valence electrons. The van der Waals surface area contributed by atoms with Crippen molar-refractivity contribution in [1.82, 2.24) is 31.1 Å². The number of nitrogens with zero attached hydrogens (tertiary/aromatic N) is 4. The number of ether oxygens (including phenoxy) is 1. The molecular formula is C18H29N7O3. The lowest BCUT2D eigenvalue weighted by Crippen LogP contribution is -2.42. The van der Waals surface area contributed by atoms with Gasteiger partial charge in [-0.1, -0.05) is 0 Å². The number of hydrazone groups is 1. The van der Waals surface area contributed by atoms with Gasteiger partial charge in [0.15, 0.2) is 0 Å². The molecule has 1 aromatic rings. The number of alkyl carbamates (subject to hydrolysis) is 1. The zero-order chi connectivity index (χ0) is 20.3. The summed E-state index contributed by atoms with van der Waals surface area (Å²) in [5, 5.41) is 18.0. The molecule has 3 atom stereocenters. The summed E-state index contributed by atoms with van der Waals surface area (Å²) < 4.78 is 5.54. The molecule has 28 heavy (non-hydrogen) atoms. The molecule has 1 aromatic heterocycles. The Morgan fingerprint density at radius 2 is 2.14 bits per heavy atom. The van der Waals surface area contributed by atoms with Crippen molar-refractivity contribution in [1.29, 1.82) is 0 Å². The zero-order valence-corrected chi connectivity index (χ0v) is 16.9. The van der Waals surface area contributed by atoms with E-state index in [0.717, 1.165) is 19.3 Å². The van der Waals surface area contributed by atoms with E-state index < -0.39 is 0 Å². The number of nitrogens with one attached hydrogen (secondary N) is 3. The molecule has 3 rings (SSSR count). The van der Waals surface area contributed by atoms with Crippen LogP contribution in [0.5, 0.6) is 0 Å². The third kappa shape index (κ3) is 5.67. The Morgan fingerprint density at radius 3 is 2.82 bits per heavy atom. The molecule has 1 unspecified atom stereocenters. The van der Waals surface area contributed by atoms with E-state index in [1.165, 1.54) is 4.80 Å². The van der Waals surface area contributed by atoms with Crippen LogP contribution < -0.4 is 16.1 Å². The first-order valence-corrected chi connectivity index (χ1v) is 9.64. The number of aryl methyl sites for hydroxylation is 1. The number of carbonyl (C=O) groups excluding carboxylic acids is 2. The summed E-state index contributed by atoms with van der Waals surface area (Å²) >= 11 is 0. The molecule has 10 heteroatoms. The Kier molecular flexibility index (Phi) is 5.85. The fraction of sp³-hybridized carbons (Fsp3) is 0.722. The predicted molar refractivity (Wildman–Crippen MR) is 102 cm³/mol. The van der Waals surface area contributed by atoms with E-state index in [1.54, 1.807) is 13.2 Å². The standard InChI is InChI=1S/C18H29N7O3/c1-18(2,3)21-17(27)28-13-6-5-11(7-13)14-9-15(23-22-14)20-16(26)8-12-10-19-25(4)24-12/h10-11,13-14,22H,5-9H2,1-4H3,(H,21,27)(H,20,23,26)/t11-,13+,14?/m0/s1. The minimum Gasteiger partial charge on any atom is -0.446 e. The van der Waals surface area contributed by atoms with Crippen molar-refractivity contribution in [3.05, 3.63) is 11.9 Å². The third-order valence-electron chi connectivity index (χ3n) is 4.80. The van der Waals surface area contributed by atoms with Crippen molar-refractivity contribution in [2.45, 2.75) is 70.6 Å². The maximum absolute atomic E-state index is 12.1. The molecule has 2 heterocycles. The van der Waals surface area contributed by atoms with E-state index in [-0.39, 0.29) is 36.1 Å². The minimum absolute atomic E-state index is 0.0792. The number of carbonyl (C=O) groups is 2. The van der Waals surface area contributed by atoms with Crippen LogP contribution in [-0.2, 0) is 23.0 Å². The van der Waals surface area contributed by atoms with Crippen LogP contribution in [0.3, 0.4) is 0 Å². The van der Waals surface area contributed by atoms with Gasteiger partial charge in [-0.2, -0.15) is 20.1 Å². The monoisotopic (exact) mass is 391 g/mol. The average Bonchev–Trinajstić information content (AvgIpc) is 3.27. The van der Waals surface area contributed by atoms with Gasteiger partial charge in [-0.15, -0.1) is 0 Å². The normalized spacial score (nSPS) is 24.4. The lowest BCUT2D eigenvalue weighted by molar-refractivity contribution is -0.119. The van der Waals surface area contributed by atoms with Gasteiger partial charge in [-0.3, -0.25) is 4.79 Å². The second-order valence-electron chi connectivity index (χ2n) is 8.52. The molecule has 2 amide bonds. The molecule has 2 aliphatic rings. The van der Waals surface area contributed by atoms with Crippen LogP contribution in [-0.4, -0.2) is 50.5 Å². The van der Waals surface area contributed by atoms with Gasteiger partial charge in [0, 0.05) is 19.0 Å². The highest BCUT2D eigenvalue weighted by Gasteiger charge is 2.36. The summed E-state index contributed by atoms with van der Waals surface area (Å²) in [7, 11) is 1.71. The lowest BCUT2D eigenvalue weighted by Gasteiger charge is -2.22. The van der Waals surface area contributed by atoms with Crippen molar-refractivity contribution in [2.75, 3.05) is 0 Å². The van der Waals surface area contributed by atoms with Crippen LogP contribution in [0.4, 0.5) is 4.79 Å². The Balaban J connectivity index is 1.40. The highest BCUT2D eigenvalue weighted by molar-refractivity contribution is 5.99. The molecule has 1 fully saturated rings. The Morgan fingerprint density at radius 1 is 1.36 bits per heavy atom. The van der Waals surface area contributed by atoms with Gasteiger partial charge in [0.1, 0.15) is 11.9 Å². The van der Waals surface area contributed by atoms with Gasteiger partial charge in [0.05, 0.1) is 24.4 Å². The molecular weight excluding hydrogens is 362 g/mol. The van der Waals surface area contributed by atoms with Gasteiger partial charge in [-0.25, -0.2) is 4.79 Å². The third-order valence-corrected chi connectivity index (χ3v) is 4.80. The highest BCUT2D eigenvalue weighted by atomic mass is 16.6. The fourth-order valence-corrected chi connectivity index (χ4v) is 3.58. The Labute approximate surface area is 164 Å². The average molecular weight is 391 g/mol. The van der Waals surface area contributed by atoms with Gasteiger partial charge < -0.3 is 20.8 Å². The fourth-order valence-electron chi connectivity index (χ4n) is 3.58. The van der Waals surface area contributed by atoms with Crippen molar-refractivity contribution in [2.24, 2.45) is 18.1 Å². The van der Waals surface area contributed by atoms with Crippen molar-refractivity contribution in [3.63, 3.8) is 0 Å². The van der Waals surface area contributed by atoms with Gasteiger partial charge in [-0.05, 0) is 46.0 Å². The van der Waals surface area contributed by atoms with Gasteiger partial charge >= 0.3 is 6.09 Å². The summed E-state index contributed by atoms with van der Waals surface area (Å²) in [6.07, 6.45) is 4.54. The van der Waals surface area contributed by atoms with Crippen LogP contribution in [0.1, 0.15) is 52.1 Å². The van der Waals surface area contributed by atoms with Crippen LogP contribution in [0, 0.1) is 5.92 Å². The molecule has 0 saturated heterocycles. The Hall–Kier alpha value is -2.65. The second-order valence-corrected chi connectivity index (χ2v) is 8.52. The van der Waals surface area contributed by atoms with Crippen molar-refractivity contribution in [3.8, 4) is 0 Å². The van der Waals surface area contributed by atoms with Crippen molar-refractivity contribution >= 4 is 17.8 Å². The van der Waals surface area contributed by atoms with E-state index in [0.29, 0.717) is 23.9 Å². The SMILES string of the molecule is Cn1ncc(CC(=O)NC2=NNC([C@H]3CC[C@@H](OC(=O)NC(C)(C)C)C3)C2)n1. The molecule has 1 saturated carbocycles. The number of amides is 2. The minimum atomic E-state index is -0.370. The quantitative estimate of drug-likeness (QED) is 0.699. The predicted octanol–water partition coefficient (Wildman–Crippen LogP) is 0.843. The molecule has 10 nitrogen and oxygen atoms in total. The second kappa shape index (κ2) is 8.15. The number of amidine groups is 1. The maximum atomic E-state index is 12.1. The van der Waals surface area contributed by atoms with Gasteiger partial charge in [0.2, 0.25) is 5.91 Å². The molecule has 0 bridgehead atoms. The highest BCUT2D eigenvalue weighted by Crippen LogP contribution is 2.32. The zero-order valence-electron chi connectivity index (χ0n) is 16.9. The van der Waals surface area contributed by atoms with Crippen LogP contribution in [0.15, 0.2) is 11.3 Å². The number of hydrogen-bond acceptors (Lipinski definition) is 7. The summed E-state index contributed by atoms with van der Waals surface area (Å²) in [4.78, 5) is 25.5. The van der Waals surface area contributed by atoms with Crippen molar-refractivity contribution < 1.29 is 14.3 Å². The summed E-state index contributed by atoms with van der Waals surface area (Å²) in [6.45, 7) is 5.77. The van der Waals surface area contributed by atoms with E-state index in [9.17, 15) is 9.59 Å². The lowest BCUT2D eigenvalue weighted by atomic mass is 9.96. The molecule has 1 aliphatic heterocycles.